The summed E-state index contributed by atoms with van der Waals surface area (Å²) in [5.74, 6) is -0.0779. The van der Waals surface area contributed by atoms with Gasteiger partial charge in [-0.05, 0) is 23.6 Å². The highest BCUT2D eigenvalue weighted by molar-refractivity contribution is 7.10. The molecule has 0 bridgehead atoms. The fraction of sp³-hybridized carbons (Fsp3) is 0.125. The average Bonchev–Trinajstić information content (AvgIpc) is 3.09. The lowest BCUT2D eigenvalue weighted by molar-refractivity contribution is 0.0773. The first kappa shape index (κ1) is 12.3. The van der Waals surface area contributed by atoms with E-state index in [0.29, 0.717) is 16.5 Å². The molecule has 0 N–H and O–H groups in total. The highest BCUT2D eigenvalue weighted by atomic mass is 32.1. The topological polar surface area (TPSA) is 50.5 Å². The molecule has 1 unspecified atom stereocenters. The lowest BCUT2D eigenvalue weighted by Gasteiger charge is -2.18. The lowest BCUT2D eigenvalue weighted by atomic mass is 10.0. The van der Waals surface area contributed by atoms with Crippen molar-refractivity contribution in [2.75, 3.05) is 7.05 Å². The van der Waals surface area contributed by atoms with Crippen LogP contribution in [0.15, 0.2) is 51.0 Å². The number of carbonyl (C=O) groups is 1. The van der Waals surface area contributed by atoms with E-state index in [9.17, 15) is 9.59 Å². The summed E-state index contributed by atoms with van der Waals surface area (Å²) < 4.78 is 5.71. The molecule has 1 aromatic carbocycles. The molecule has 21 heavy (non-hydrogen) atoms. The predicted octanol–water partition coefficient (Wildman–Crippen LogP) is 3.03. The van der Waals surface area contributed by atoms with Gasteiger partial charge in [-0.25, -0.2) is 0 Å². The standard InChI is InChI=1S/C16H11NO3S/c1-17-13(11-7-4-8-21-11)12-14(18)9-5-2-3-6-10(9)20-15(12)16(17)19/h2-8,13H,1H3. The Morgan fingerprint density at radius 3 is 2.71 bits per heavy atom. The van der Waals surface area contributed by atoms with Gasteiger partial charge in [-0.2, -0.15) is 0 Å². The van der Waals surface area contributed by atoms with Crippen molar-refractivity contribution in [2.45, 2.75) is 6.04 Å². The molecular weight excluding hydrogens is 286 g/mol. The molecule has 1 aliphatic rings. The van der Waals surface area contributed by atoms with Gasteiger partial charge in [0.15, 0.2) is 5.43 Å². The Kier molecular flexibility index (Phi) is 2.53. The first-order valence-electron chi connectivity index (χ1n) is 6.55. The van der Waals surface area contributed by atoms with Crippen LogP contribution in [0.1, 0.15) is 27.0 Å². The number of hydrogen-bond donors (Lipinski definition) is 0. The molecule has 3 heterocycles. The molecule has 4 rings (SSSR count). The van der Waals surface area contributed by atoms with Gasteiger partial charge in [0.25, 0.3) is 5.91 Å². The van der Waals surface area contributed by atoms with Gasteiger partial charge in [0.05, 0.1) is 17.0 Å². The normalized spacial score (nSPS) is 17.5. The smallest absolute Gasteiger partial charge is 0.290 e. The number of thiophene rings is 1. The third-order valence-corrected chi connectivity index (χ3v) is 4.75. The summed E-state index contributed by atoms with van der Waals surface area (Å²) in [5.41, 5.74) is 0.779. The molecule has 0 saturated carbocycles. The van der Waals surface area contributed by atoms with Crippen LogP contribution in [0.2, 0.25) is 0 Å². The Morgan fingerprint density at radius 2 is 1.95 bits per heavy atom. The number of fused-ring (bicyclic) bond motifs is 2. The van der Waals surface area contributed by atoms with E-state index in [1.807, 2.05) is 17.5 Å². The van der Waals surface area contributed by atoms with Gasteiger partial charge >= 0.3 is 0 Å². The van der Waals surface area contributed by atoms with Crippen molar-refractivity contribution >= 4 is 28.2 Å². The third-order valence-electron chi connectivity index (χ3n) is 3.82. The second-order valence-electron chi connectivity index (χ2n) is 5.00. The maximum absolute atomic E-state index is 12.8. The molecular formula is C16H11NO3S. The van der Waals surface area contributed by atoms with E-state index in [1.165, 1.54) is 11.3 Å². The molecule has 0 aliphatic carbocycles. The van der Waals surface area contributed by atoms with Crippen molar-refractivity contribution in [2.24, 2.45) is 0 Å². The molecule has 0 radical (unpaired) electrons. The monoisotopic (exact) mass is 297 g/mol. The Labute approximate surface area is 124 Å². The number of rotatable bonds is 1. The zero-order valence-electron chi connectivity index (χ0n) is 11.2. The van der Waals surface area contributed by atoms with E-state index in [0.717, 1.165) is 4.88 Å². The van der Waals surface area contributed by atoms with Crippen LogP contribution in [-0.4, -0.2) is 17.9 Å². The van der Waals surface area contributed by atoms with Crippen LogP contribution in [0.4, 0.5) is 0 Å². The predicted molar refractivity (Wildman–Crippen MR) is 80.7 cm³/mol. The van der Waals surface area contributed by atoms with E-state index in [4.69, 9.17) is 4.42 Å². The van der Waals surface area contributed by atoms with E-state index in [-0.39, 0.29) is 23.1 Å². The quantitative estimate of drug-likeness (QED) is 0.693. The van der Waals surface area contributed by atoms with Crippen LogP contribution in [-0.2, 0) is 0 Å². The summed E-state index contributed by atoms with van der Waals surface area (Å²) in [5, 5.41) is 2.45. The Hall–Kier alpha value is -2.40. The van der Waals surface area contributed by atoms with Crippen LogP contribution in [0.3, 0.4) is 0 Å². The molecule has 1 atom stereocenters. The summed E-state index contributed by atoms with van der Waals surface area (Å²) in [6.45, 7) is 0. The van der Waals surface area contributed by atoms with Crippen LogP contribution in [0, 0.1) is 0 Å². The van der Waals surface area contributed by atoms with Crippen LogP contribution >= 0.6 is 11.3 Å². The summed E-state index contributed by atoms with van der Waals surface area (Å²) in [7, 11) is 1.70. The van der Waals surface area contributed by atoms with Crippen molar-refractivity contribution in [3.63, 3.8) is 0 Å². The van der Waals surface area contributed by atoms with Gasteiger partial charge in [-0.1, -0.05) is 18.2 Å². The molecule has 4 nitrogen and oxygen atoms in total. The van der Waals surface area contributed by atoms with Crippen molar-refractivity contribution in [3.8, 4) is 0 Å². The summed E-state index contributed by atoms with van der Waals surface area (Å²) in [6.07, 6.45) is 0. The zero-order valence-corrected chi connectivity index (χ0v) is 12.0. The number of nitrogens with zero attached hydrogens (tertiary/aromatic N) is 1. The molecule has 3 aromatic rings. The van der Waals surface area contributed by atoms with Gasteiger partial charge in [0, 0.05) is 11.9 Å². The largest absolute Gasteiger partial charge is 0.450 e. The number of hydrogen-bond acceptors (Lipinski definition) is 4. The molecule has 104 valence electrons. The molecule has 0 spiro atoms. The zero-order chi connectivity index (χ0) is 14.6. The van der Waals surface area contributed by atoms with Gasteiger partial charge in [-0.15, -0.1) is 11.3 Å². The van der Waals surface area contributed by atoms with Crippen molar-refractivity contribution in [3.05, 3.63) is 68.2 Å². The number of para-hydroxylation sites is 1. The summed E-state index contributed by atoms with van der Waals surface area (Å²) >= 11 is 1.53. The maximum Gasteiger partial charge on any atom is 0.290 e. The summed E-state index contributed by atoms with van der Waals surface area (Å²) in [6, 6.07) is 10.5. The van der Waals surface area contributed by atoms with Gasteiger partial charge in [0.1, 0.15) is 5.58 Å². The SMILES string of the molecule is CN1C(=O)c2oc3ccccc3c(=O)c2C1c1cccs1. The minimum absolute atomic E-state index is 0.122. The van der Waals surface area contributed by atoms with Crippen molar-refractivity contribution in [1.82, 2.24) is 4.90 Å². The molecule has 1 amide bonds. The molecule has 0 saturated heterocycles. The van der Waals surface area contributed by atoms with Crippen LogP contribution in [0.5, 0.6) is 0 Å². The fourth-order valence-electron chi connectivity index (χ4n) is 2.81. The fourth-order valence-corrected chi connectivity index (χ4v) is 3.69. The highest BCUT2D eigenvalue weighted by Gasteiger charge is 2.40. The van der Waals surface area contributed by atoms with E-state index >= 15 is 0 Å². The Bertz CT molecular complexity index is 911. The Morgan fingerprint density at radius 1 is 1.14 bits per heavy atom. The van der Waals surface area contributed by atoms with E-state index in [2.05, 4.69) is 0 Å². The van der Waals surface area contributed by atoms with Gasteiger partial charge in [0.2, 0.25) is 5.76 Å². The second-order valence-corrected chi connectivity index (χ2v) is 5.98. The highest BCUT2D eigenvalue weighted by Crippen LogP contribution is 2.38. The first-order chi connectivity index (χ1) is 10.2. The minimum Gasteiger partial charge on any atom is -0.450 e. The number of amides is 1. The maximum atomic E-state index is 12.8. The second kappa shape index (κ2) is 4.30. The molecule has 1 aliphatic heterocycles. The molecule has 5 heteroatoms. The van der Waals surface area contributed by atoms with Crippen molar-refractivity contribution in [1.29, 1.82) is 0 Å². The van der Waals surface area contributed by atoms with E-state index in [1.54, 1.807) is 36.2 Å². The molecule has 0 fully saturated rings. The summed E-state index contributed by atoms with van der Waals surface area (Å²) in [4.78, 5) is 27.7. The van der Waals surface area contributed by atoms with Crippen LogP contribution < -0.4 is 5.43 Å². The lowest BCUT2D eigenvalue weighted by Crippen LogP contribution is -2.24. The van der Waals surface area contributed by atoms with E-state index < -0.39 is 0 Å². The average molecular weight is 297 g/mol. The van der Waals surface area contributed by atoms with Gasteiger partial charge in [-0.3, -0.25) is 9.59 Å². The van der Waals surface area contributed by atoms with Gasteiger partial charge < -0.3 is 9.32 Å². The Balaban J connectivity index is 2.09. The number of benzene rings is 1. The molecule has 2 aromatic heterocycles. The number of carbonyl (C=O) groups excluding carboxylic acids is 1. The minimum atomic E-state index is -0.353. The third kappa shape index (κ3) is 1.61. The first-order valence-corrected chi connectivity index (χ1v) is 7.43. The van der Waals surface area contributed by atoms with Crippen molar-refractivity contribution < 1.29 is 9.21 Å². The van der Waals surface area contributed by atoms with Crippen LogP contribution in [0.25, 0.3) is 11.0 Å².